The lowest BCUT2D eigenvalue weighted by Gasteiger charge is -2.29. The van der Waals surface area contributed by atoms with Crippen molar-refractivity contribution in [1.29, 1.82) is 0 Å². The van der Waals surface area contributed by atoms with Gasteiger partial charge in [0.15, 0.2) is 4.47 Å². The zero-order chi connectivity index (χ0) is 14.8. The first-order valence-electron chi connectivity index (χ1n) is 6.88. The summed E-state index contributed by atoms with van der Waals surface area (Å²) in [6, 6.07) is 6.22. The Morgan fingerprint density at radius 2 is 2.38 bits per heavy atom. The summed E-state index contributed by atoms with van der Waals surface area (Å²) < 4.78 is 0.556. The summed E-state index contributed by atoms with van der Waals surface area (Å²) >= 11 is 7.29. The number of halogens is 1. The second-order valence-electron chi connectivity index (χ2n) is 5.05. The Balaban J connectivity index is 1.78. The van der Waals surface area contributed by atoms with Gasteiger partial charge in [-0.15, -0.1) is 11.3 Å². The molecule has 1 N–H and O–H groups in total. The molecule has 1 aliphatic rings. The van der Waals surface area contributed by atoms with Crippen molar-refractivity contribution < 1.29 is 4.79 Å². The highest BCUT2D eigenvalue weighted by Crippen LogP contribution is 2.30. The molecular weight excluding hydrogens is 306 g/mol. The largest absolute Gasteiger partial charge is 0.380 e. The van der Waals surface area contributed by atoms with E-state index in [9.17, 15) is 4.79 Å². The van der Waals surface area contributed by atoms with Crippen LogP contribution < -0.4 is 10.2 Å². The van der Waals surface area contributed by atoms with Gasteiger partial charge in [0.1, 0.15) is 0 Å². The molecule has 1 aliphatic heterocycles. The first-order chi connectivity index (χ1) is 10.1. The fourth-order valence-corrected chi connectivity index (χ4v) is 3.48. The predicted molar refractivity (Wildman–Crippen MR) is 87.2 cm³/mol. The Hall–Kier alpha value is -1.59. The van der Waals surface area contributed by atoms with E-state index in [4.69, 9.17) is 11.6 Å². The molecule has 0 aliphatic carbocycles. The van der Waals surface area contributed by atoms with Crippen molar-refractivity contribution >= 4 is 40.2 Å². The Kier molecular flexibility index (Phi) is 4.12. The number of nitrogens with zero attached hydrogens (tertiary/aromatic N) is 2. The number of hydrogen-bond acceptors (Lipinski definition) is 4. The van der Waals surface area contributed by atoms with Gasteiger partial charge in [-0.3, -0.25) is 4.79 Å². The molecule has 21 heavy (non-hydrogen) atoms. The normalized spacial score (nSPS) is 13.9. The highest BCUT2D eigenvalue weighted by Gasteiger charge is 2.20. The number of nitrogens with one attached hydrogen (secondary N) is 1. The number of aryl methyl sites for hydroxylation is 1. The monoisotopic (exact) mass is 321 g/mol. The fraction of sp³-hybridized carbons (Fsp3) is 0.333. The second-order valence-corrected chi connectivity index (χ2v) is 6.75. The molecule has 3 rings (SSSR count). The maximum atomic E-state index is 11.7. The number of anilines is 2. The Morgan fingerprint density at radius 1 is 1.52 bits per heavy atom. The van der Waals surface area contributed by atoms with Crippen molar-refractivity contribution in [3.05, 3.63) is 39.3 Å². The maximum absolute atomic E-state index is 11.7. The average molecular weight is 322 g/mol. The quantitative estimate of drug-likeness (QED) is 0.937. The van der Waals surface area contributed by atoms with E-state index < -0.39 is 0 Å². The van der Waals surface area contributed by atoms with Crippen LogP contribution in [0.3, 0.4) is 0 Å². The molecule has 1 aromatic heterocycles. The Labute approximate surface area is 132 Å². The number of aromatic nitrogens is 1. The van der Waals surface area contributed by atoms with E-state index in [-0.39, 0.29) is 5.91 Å². The fourth-order valence-electron chi connectivity index (χ4n) is 2.57. The molecule has 0 unspecified atom stereocenters. The summed E-state index contributed by atoms with van der Waals surface area (Å²) in [5, 5.41) is 3.36. The minimum atomic E-state index is 0.0994. The lowest BCUT2D eigenvalue weighted by molar-refractivity contribution is -0.116. The standard InChI is InChI=1S/C15H16ClN3OS/c1-10(20)19-6-2-3-11-4-5-12(7-14(11)19)17-8-13-9-18-15(16)21-13/h4-5,7,9,17H,2-3,6,8H2,1H3. The molecule has 0 radical (unpaired) electrons. The van der Waals surface area contributed by atoms with E-state index in [0.717, 1.165) is 35.6 Å². The lowest BCUT2D eigenvalue weighted by Crippen LogP contribution is -2.33. The van der Waals surface area contributed by atoms with Crippen LogP contribution in [0, 0.1) is 0 Å². The van der Waals surface area contributed by atoms with E-state index in [1.165, 1.54) is 16.9 Å². The highest BCUT2D eigenvalue weighted by atomic mass is 35.5. The molecular formula is C15H16ClN3OS. The smallest absolute Gasteiger partial charge is 0.223 e. The number of rotatable bonds is 3. The van der Waals surface area contributed by atoms with Crippen LogP contribution in [-0.2, 0) is 17.8 Å². The number of carbonyl (C=O) groups excluding carboxylic acids is 1. The molecule has 0 saturated carbocycles. The molecule has 0 atom stereocenters. The molecule has 2 aromatic rings. The van der Waals surface area contributed by atoms with Gasteiger partial charge in [-0.1, -0.05) is 17.7 Å². The van der Waals surface area contributed by atoms with Crippen LogP contribution in [0.15, 0.2) is 24.4 Å². The topological polar surface area (TPSA) is 45.2 Å². The van der Waals surface area contributed by atoms with Gasteiger partial charge < -0.3 is 10.2 Å². The van der Waals surface area contributed by atoms with Gasteiger partial charge in [-0.05, 0) is 30.5 Å². The summed E-state index contributed by atoms with van der Waals surface area (Å²) in [6.07, 6.45) is 3.84. The SMILES string of the molecule is CC(=O)N1CCCc2ccc(NCc3cnc(Cl)s3)cc21. The minimum absolute atomic E-state index is 0.0994. The molecule has 2 heterocycles. The highest BCUT2D eigenvalue weighted by molar-refractivity contribution is 7.15. The van der Waals surface area contributed by atoms with Crippen molar-refractivity contribution in [3.8, 4) is 0 Å². The summed E-state index contributed by atoms with van der Waals surface area (Å²) in [5.41, 5.74) is 3.27. The van der Waals surface area contributed by atoms with Crippen molar-refractivity contribution in [1.82, 2.24) is 4.98 Å². The summed E-state index contributed by atoms with van der Waals surface area (Å²) in [4.78, 5) is 18.7. The maximum Gasteiger partial charge on any atom is 0.223 e. The number of fused-ring (bicyclic) bond motifs is 1. The number of thiazole rings is 1. The van der Waals surface area contributed by atoms with Gasteiger partial charge in [-0.2, -0.15) is 0 Å². The van der Waals surface area contributed by atoms with Crippen LogP contribution >= 0.6 is 22.9 Å². The molecule has 110 valence electrons. The number of benzene rings is 1. The molecule has 1 aromatic carbocycles. The van der Waals surface area contributed by atoms with Crippen LogP contribution in [0.25, 0.3) is 0 Å². The molecule has 6 heteroatoms. The van der Waals surface area contributed by atoms with Gasteiger partial charge in [-0.25, -0.2) is 4.98 Å². The average Bonchev–Trinajstić information content (AvgIpc) is 2.89. The number of hydrogen-bond donors (Lipinski definition) is 1. The van der Waals surface area contributed by atoms with Crippen LogP contribution in [0.2, 0.25) is 4.47 Å². The van der Waals surface area contributed by atoms with Gasteiger partial charge in [0.2, 0.25) is 5.91 Å². The van der Waals surface area contributed by atoms with Crippen LogP contribution in [-0.4, -0.2) is 17.4 Å². The van der Waals surface area contributed by atoms with Crippen LogP contribution in [0.1, 0.15) is 23.8 Å². The first-order valence-corrected chi connectivity index (χ1v) is 8.08. The van der Waals surface area contributed by atoms with Crippen LogP contribution in [0.4, 0.5) is 11.4 Å². The van der Waals surface area contributed by atoms with E-state index in [1.54, 1.807) is 13.1 Å². The van der Waals surface area contributed by atoms with E-state index in [1.807, 2.05) is 4.90 Å². The third kappa shape index (κ3) is 3.19. The van der Waals surface area contributed by atoms with Crippen molar-refractivity contribution in [2.24, 2.45) is 0 Å². The van der Waals surface area contributed by atoms with Crippen molar-refractivity contribution in [2.75, 3.05) is 16.8 Å². The first kappa shape index (κ1) is 14.4. The third-order valence-electron chi connectivity index (χ3n) is 3.58. The zero-order valence-electron chi connectivity index (χ0n) is 11.7. The van der Waals surface area contributed by atoms with E-state index >= 15 is 0 Å². The molecule has 0 saturated heterocycles. The van der Waals surface area contributed by atoms with E-state index in [0.29, 0.717) is 11.0 Å². The summed E-state index contributed by atoms with van der Waals surface area (Å²) in [6.45, 7) is 3.11. The molecule has 1 amide bonds. The molecule has 0 spiro atoms. The molecule has 0 bridgehead atoms. The number of amides is 1. The summed E-state index contributed by atoms with van der Waals surface area (Å²) in [5.74, 6) is 0.0994. The van der Waals surface area contributed by atoms with Gasteiger partial charge >= 0.3 is 0 Å². The van der Waals surface area contributed by atoms with E-state index in [2.05, 4.69) is 28.5 Å². The van der Waals surface area contributed by atoms with Gasteiger partial charge in [0.25, 0.3) is 0 Å². The van der Waals surface area contributed by atoms with Crippen molar-refractivity contribution in [2.45, 2.75) is 26.3 Å². The predicted octanol–water partition coefficient (Wildman–Crippen LogP) is 3.71. The van der Waals surface area contributed by atoms with Gasteiger partial charge in [0, 0.05) is 35.9 Å². The van der Waals surface area contributed by atoms with Gasteiger partial charge in [0.05, 0.1) is 6.54 Å². The Bertz CT molecular complexity index is 671. The number of carbonyl (C=O) groups is 1. The third-order valence-corrected chi connectivity index (χ3v) is 4.69. The molecule has 4 nitrogen and oxygen atoms in total. The van der Waals surface area contributed by atoms with Crippen molar-refractivity contribution in [3.63, 3.8) is 0 Å². The zero-order valence-corrected chi connectivity index (χ0v) is 13.3. The van der Waals surface area contributed by atoms with Crippen LogP contribution in [0.5, 0.6) is 0 Å². The summed E-state index contributed by atoms with van der Waals surface area (Å²) in [7, 11) is 0. The lowest BCUT2D eigenvalue weighted by atomic mass is 10.0. The Morgan fingerprint density at radius 3 is 3.10 bits per heavy atom. The minimum Gasteiger partial charge on any atom is -0.380 e. The second kappa shape index (κ2) is 6.03. The molecule has 0 fully saturated rings.